The average molecular weight is 562 g/mol. The van der Waals surface area contributed by atoms with E-state index in [1.807, 2.05) is 29.1 Å². The van der Waals surface area contributed by atoms with Gasteiger partial charge in [0.25, 0.3) is 0 Å². The number of rotatable bonds is 8. The largest absolute Gasteiger partial charge is 0.493 e. The average Bonchev–Trinajstić information content (AvgIpc) is 3.54. The number of aryl methyl sites for hydroxylation is 1. The van der Waals surface area contributed by atoms with Crippen LogP contribution in [0.4, 0.5) is 0 Å². The number of imidazole rings is 1. The number of benzene rings is 1. The van der Waals surface area contributed by atoms with Gasteiger partial charge in [-0.15, -0.1) is 24.0 Å². The fourth-order valence-corrected chi connectivity index (χ4v) is 3.52. The van der Waals surface area contributed by atoms with Crippen molar-refractivity contribution in [3.63, 3.8) is 0 Å². The number of pyridine rings is 1. The second-order valence-electron chi connectivity index (χ2n) is 7.93. The van der Waals surface area contributed by atoms with Crippen LogP contribution in [0.5, 0.6) is 5.75 Å². The van der Waals surface area contributed by atoms with Gasteiger partial charge in [0.05, 0.1) is 13.2 Å². The van der Waals surface area contributed by atoms with Crippen molar-refractivity contribution >= 4 is 29.9 Å². The highest BCUT2D eigenvalue weighted by molar-refractivity contribution is 14.0. The minimum Gasteiger partial charge on any atom is -0.493 e. The fourth-order valence-electron chi connectivity index (χ4n) is 3.52. The molecule has 1 atom stereocenters. The van der Waals surface area contributed by atoms with Gasteiger partial charge < -0.3 is 20.1 Å². The van der Waals surface area contributed by atoms with Gasteiger partial charge in [-0.05, 0) is 36.6 Å². The summed E-state index contributed by atoms with van der Waals surface area (Å²) in [6, 6.07) is 10.3. The molecular weight excluding hydrogens is 531 g/mol. The first kappa shape index (κ1) is 25.0. The predicted molar refractivity (Wildman–Crippen MR) is 139 cm³/mol. The summed E-state index contributed by atoms with van der Waals surface area (Å²) in [5.41, 5.74) is 3.35. The van der Waals surface area contributed by atoms with Crippen LogP contribution in [0.2, 0.25) is 0 Å². The van der Waals surface area contributed by atoms with Crippen LogP contribution >= 0.6 is 24.0 Å². The third-order valence-electron chi connectivity index (χ3n) is 5.43. The highest BCUT2D eigenvalue weighted by Crippen LogP contribution is 2.22. The second kappa shape index (κ2) is 12.5. The molecule has 9 heteroatoms. The third-order valence-corrected chi connectivity index (χ3v) is 5.43. The van der Waals surface area contributed by atoms with Crippen LogP contribution in [-0.2, 0) is 17.8 Å². The number of nitrogens with one attached hydrogen (secondary N) is 2. The molecular formula is C24H31IN6O2. The van der Waals surface area contributed by atoms with Crippen molar-refractivity contribution in [2.24, 2.45) is 10.9 Å². The van der Waals surface area contributed by atoms with Crippen molar-refractivity contribution < 1.29 is 9.47 Å². The molecule has 0 spiro atoms. The molecule has 1 aromatic carbocycles. The van der Waals surface area contributed by atoms with Crippen LogP contribution in [0, 0.1) is 12.8 Å². The maximum Gasteiger partial charge on any atom is 0.191 e. The minimum atomic E-state index is 0. The summed E-state index contributed by atoms with van der Waals surface area (Å²) in [5.74, 6) is 2.95. The topological polar surface area (TPSA) is 85.6 Å². The number of aromatic nitrogens is 3. The summed E-state index contributed by atoms with van der Waals surface area (Å²) >= 11 is 0. The zero-order valence-corrected chi connectivity index (χ0v) is 21.4. The number of guanidine groups is 1. The van der Waals surface area contributed by atoms with Crippen molar-refractivity contribution in [2.45, 2.75) is 26.4 Å². The molecule has 8 nitrogen and oxygen atoms in total. The fraction of sp³-hybridized carbons (Fsp3) is 0.375. The van der Waals surface area contributed by atoms with E-state index in [4.69, 9.17) is 9.47 Å². The predicted octanol–water partition coefficient (Wildman–Crippen LogP) is 3.47. The smallest absolute Gasteiger partial charge is 0.191 e. The molecule has 3 heterocycles. The first-order valence-corrected chi connectivity index (χ1v) is 10.9. The van der Waals surface area contributed by atoms with Gasteiger partial charge in [-0.3, -0.25) is 9.56 Å². The number of halogens is 1. The summed E-state index contributed by atoms with van der Waals surface area (Å²) in [7, 11) is 1.77. The van der Waals surface area contributed by atoms with Gasteiger partial charge in [0.15, 0.2) is 5.96 Å². The summed E-state index contributed by atoms with van der Waals surface area (Å²) < 4.78 is 13.5. The van der Waals surface area contributed by atoms with Gasteiger partial charge in [-0.1, -0.05) is 18.2 Å². The molecule has 1 aliphatic heterocycles. The molecule has 0 bridgehead atoms. The molecule has 0 aliphatic carbocycles. The Labute approximate surface area is 211 Å². The lowest BCUT2D eigenvalue weighted by Gasteiger charge is -2.17. The molecule has 2 N–H and O–H groups in total. The maximum atomic E-state index is 6.14. The van der Waals surface area contributed by atoms with E-state index in [2.05, 4.69) is 50.7 Å². The molecule has 1 aliphatic rings. The molecule has 2 aromatic heterocycles. The number of hydrogen-bond donors (Lipinski definition) is 2. The Kier molecular flexibility index (Phi) is 9.49. The summed E-state index contributed by atoms with van der Waals surface area (Å²) in [6.45, 7) is 5.62. The van der Waals surface area contributed by atoms with Crippen LogP contribution in [0.1, 0.15) is 23.1 Å². The first-order valence-electron chi connectivity index (χ1n) is 10.9. The van der Waals surface area contributed by atoms with Crippen LogP contribution in [0.15, 0.2) is 60.2 Å². The van der Waals surface area contributed by atoms with E-state index < -0.39 is 0 Å². The lowest BCUT2D eigenvalue weighted by Crippen LogP contribution is -2.36. The molecule has 4 rings (SSSR count). The molecule has 176 valence electrons. The standard InChI is InChI=1S/C24H30N6O2.HI/c1-18-3-5-21(22(11-18)32-16-20-7-10-31-15-20)14-29-24(25-2)28-13-19-4-6-23(27-12-19)30-9-8-26-17-30;/h3-6,8-9,11-12,17,20H,7,10,13-16H2,1-2H3,(H2,25,28,29);1H. The SMILES string of the molecule is CN=C(NCc1ccc(-n2ccnc2)nc1)NCc1ccc(C)cc1OCC1CCOC1.I. The van der Waals surface area contributed by atoms with E-state index in [1.165, 1.54) is 5.56 Å². The van der Waals surface area contributed by atoms with Gasteiger partial charge in [0.2, 0.25) is 0 Å². The first-order chi connectivity index (χ1) is 15.7. The lowest BCUT2D eigenvalue weighted by molar-refractivity contribution is 0.166. The third kappa shape index (κ3) is 7.16. The Morgan fingerprint density at radius 3 is 2.82 bits per heavy atom. The second-order valence-corrected chi connectivity index (χ2v) is 7.93. The number of hydrogen-bond acceptors (Lipinski definition) is 5. The Hall–Kier alpha value is -2.66. The highest BCUT2D eigenvalue weighted by Gasteiger charge is 2.17. The Morgan fingerprint density at radius 1 is 1.24 bits per heavy atom. The van der Waals surface area contributed by atoms with E-state index in [-0.39, 0.29) is 24.0 Å². The van der Waals surface area contributed by atoms with Crippen molar-refractivity contribution in [1.29, 1.82) is 0 Å². The van der Waals surface area contributed by atoms with Crippen LogP contribution < -0.4 is 15.4 Å². The normalized spacial score (nSPS) is 15.7. The number of aliphatic imine (C=N–C) groups is 1. The lowest BCUT2D eigenvalue weighted by atomic mass is 10.1. The molecule has 0 radical (unpaired) electrons. The van der Waals surface area contributed by atoms with Crippen molar-refractivity contribution in [1.82, 2.24) is 25.2 Å². The molecule has 1 unspecified atom stereocenters. The van der Waals surface area contributed by atoms with Gasteiger partial charge in [0.1, 0.15) is 17.9 Å². The molecule has 33 heavy (non-hydrogen) atoms. The van der Waals surface area contributed by atoms with E-state index in [0.717, 1.165) is 48.3 Å². The van der Waals surface area contributed by atoms with E-state index >= 15 is 0 Å². The maximum absolute atomic E-state index is 6.14. The molecule has 0 saturated carbocycles. The minimum absolute atomic E-state index is 0. The Morgan fingerprint density at radius 2 is 2.12 bits per heavy atom. The van der Waals surface area contributed by atoms with Gasteiger partial charge in [0, 0.05) is 56.8 Å². The van der Waals surface area contributed by atoms with E-state index in [9.17, 15) is 0 Å². The van der Waals surface area contributed by atoms with Gasteiger partial charge in [-0.2, -0.15) is 0 Å². The van der Waals surface area contributed by atoms with Gasteiger partial charge in [-0.25, -0.2) is 9.97 Å². The van der Waals surface area contributed by atoms with Crippen LogP contribution in [-0.4, -0.2) is 47.4 Å². The molecule has 3 aromatic rings. The Bertz CT molecular complexity index is 1020. The van der Waals surface area contributed by atoms with Gasteiger partial charge >= 0.3 is 0 Å². The number of ether oxygens (including phenoxy) is 2. The Balaban J connectivity index is 0.00000306. The van der Waals surface area contributed by atoms with Crippen LogP contribution in [0.25, 0.3) is 5.82 Å². The molecule has 1 saturated heterocycles. The van der Waals surface area contributed by atoms with E-state index in [1.54, 1.807) is 19.6 Å². The van der Waals surface area contributed by atoms with E-state index in [0.29, 0.717) is 25.6 Å². The van der Waals surface area contributed by atoms with Crippen molar-refractivity contribution in [2.75, 3.05) is 26.9 Å². The quantitative estimate of drug-likeness (QED) is 0.249. The summed E-state index contributed by atoms with van der Waals surface area (Å²) in [6.07, 6.45) is 8.26. The monoisotopic (exact) mass is 562 g/mol. The molecule has 0 amide bonds. The molecule has 1 fully saturated rings. The summed E-state index contributed by atoms with van der Waals surface area (Å²) in [5, 5.41) is 6.72. The van der Waals surface area contributed by atoms with Crippen molar-refractivity contribution in [3.8, 4) is 11.6 Å². The zero-order valence-electron chi connectivity index (χ0n) is 19.0. The zero-order chi connectivity index (χ0) is 22.2. The van der Waals surface area contributed by atoms with Crippen molar-refractivity contribution in [3.05, 3.63) is 71.9 Å². The number of nitrogens with zero attached hydrogens (tertiary/aromatic N) is 4. The van der Waals surface area contributed by atoms with Crippen LogP contribution in [0.3, 0.4) is 0 Å². The summed E-state index contributed by atoms with van der Waals surface area (Å²) in [4.78, 5) is 12.9. The highest BCUT2D eigenvalue weighted by atomic mass is 127.